The van der Waals surface area contributed by atoms with Crippen LogP contribution in [0.15, 0.2) is 24.3 Å². The van der Waals surface area contributed by atoms with E-state index in [1.807, 2.05) is 6.92 Å². The van der Waals surface area contributed by atoms with Crippen LogP contribution in [0, 0.1) is 23.6 Å². The summed E-state index contributed by atoms with van der Waals surface area (Å²) in [7, 11) is 0. The van der Waals surface area contributed by atoms with Crippen LogP contribution in [0.25, 0.3) is 0 Å². The fourth-order valence-electron chi connectivity index (χ4n) is 3.75. The lowest BCUT2D eigenvalue weighted by atomic mass is 9.89. The molecule has 3 rings (SSSR count). The van der Waals surface area contributed by atoms with E-state index < -0.39 is 23.6 Å². The molecule has 1 aromatic carbocycles. The molecular formula is C18H21FN2O4. The van der Waals surface area contributed by atoms with Crippen LogP contribution >= 0.6 is 0 Å². The summed E-state index contributed by atoms with van der Waals surface area (Å²) >= 11 is 0. The standard InChI is InChI=1S/C18H21FN2O4/c1-11-6-13(18(24)25)9-20(8-11)17(23)12-7-16(22)21(10-12)15-5-3-2-4-14(15)19/h2-5,11-13H,6-10H2,1H3,(H,24,25). The number of hydrogen-bond donors (Lipinski definition) is 1. The van der Waals surface area contributed by atoms with Gasteiger partial charge in [-0.3, -0.25) is 14.4 Å². The zero-order valence-electron chi connectivity index (χ0n) is 14.0. The van der Waals surface area contributed by atoms with E-state index in [1.54, 1.807) is 17.0 Å². The fraction of sp³-hybridized carbons (Fsp3) is 0.500. The van der Waals surface area contributed by atoms with Gasteiger partial charge in [0.2, 0.25) is 11.8 Å². The number of likely N-dealkylation sites (tertiary alicyclic amines) is 1. The zero-order chi connectivity index (χ0) is 18.1. The molecule has 0 spiro atoms. The highest BCUT2D eigenvalue weighted by atomic mass is 19.1. The van der Waals surface area contributed by atoms with Crippen LogP contribution in [0.1, 0.15) is 19.8 Å². The SMILES string of the molecule is CC1CC(C(=O)O)CN(C(=O)C2CC(=O)N(c3ccccc3F)C2)C1. The molecule has 3 atom stereocenters. The number of piperidine rings is 1. The van der Waals surface area contributed by atoms with Gasteiger partial charge in [-0.1, -0.05) is 19.1 Å². The Morgan fingerprint density at radius 1 is 1.16 bits per heavy atom. The van der Waals surface area contributed by atoms with E-state index in [4.69, 9.17) is 0 Å². The normalized spacial score (nSPS) is 26.8. The molecule has 2 saturated heterocycles. The maximum atomic E-state index is 13.9. The number of carboxylic acids is 1. The van der Waals surface area contributed by atoms with Gasteiger partial charge in [0.1, 0.15) is 5.82 Å². The number of nitrogens with zero attached hydrogens (tertiary/aromatic N) is 2. The number of para-hydroxylation sites is 1. The van der Waals surface area contributed by atoms with E-state index in [0.717, 1.165) is 0 Å². The molecule has 0 bridgehead atoms. The van der Waals surface area contributed by atoms with Crippen molar-refractivity contribution in [1.82, 2.24) is 4.90 Å². The molecule has 2 aliphatic rings. The van der Waals surface area contributed by atoms with Crippen molar-refractivity contribution in [2.24, 2.45) is 17.8 Å². The van der Waals surface area contributed by atoms with E-state index in [2.05, 4.69) is 0 Å². The van der Waals surface area contributed by atoms with Gasteiger partial charge in [0.05, 0.1) is 17.5 Å². The van der Waals surface area contributed by atoms with Crippen LogP contribution in [-0.2, 0) is 14.4 Å². The Morgan fingerprint density at radius 2 is 1.88 bits per heavy atom. The molecule has 0 aliphatic carbocycles. The number of anilines is 1. The maximum absolute atomic E-state index is 13.9. The Morgan fingerprint density at radius 3 is 2.56 bits per heavy atom. The number of amides is 2. The number of aliphatic carboxylic acids is 1. The van der Waals surface area contributed by atoms with Gasteiger partial charge in [0.15, 0.2) is 0 Å². The maximum Gasteiger partial charge on any atom is 0.308 e. The van der Waals surface area contributed by atoms with Crippen LogP contribution in [0.5, 0.6) is 0 Å². The Labute approximate surface area is 145 Å². The van der Waals surface area contributed by atoms with E-state index in [1.165, 1.54) is 17.0 Å². The molecule has 2 heterocycles. The fourth-order valence-corrected chi connectivity index (χ4v) is 3.75. The topological polar surface area (TPSA) is 77.9 Å². The minimum atomic E-state index is -0.903. The summed E-state index contributed by atoms with van der Waals surface area (Å²) in [4.78, 5) is 39.2. The predicted molar refractivity (Wildman–Crippen MR) is 88.3 cm³/mol. The highest BCUT2D eigenvalue weighted by molar-refractivity contribution is 6.00. The van der Waals surface area contributed by atoms with Gasteiger partial charge in [-0.15, -0.1) is 0 Å². The van der Waals surface area contributed by atoms with Gasteiger partial charge in [0.25, 0.3) is 0 Å². The zero-order valence-corrected chi connectivity index (χ0v) is 14.0. The quantitative estimate of drug-likeness (QED) is 0.903. The lowest BCUT2D eigenvalue weighted by Crippen LogP contribution is -2.48. The molecule has 2 amide bonds. The molecule has 1 N–H and O–H groups in total. The summed E-state index contributed by atoms with van der Waals surface area (Å²) in [5.41, 5.74) is 0.179. The summed E-state index contributed by atoms with van der Waals surface area (Å²) in [6.45, 7) is 2.71. The van der Waals surface area contributed by atoms with Crippen LogP contribution in [0.2, 0.25) is 0 Å². The molecule has 0 saturated carbocycles. The lowest BCUT2D eigenvalue weighted by Gasteiger charge is -2.36. The van der Waals surface area contributed by atoms with Crippen molar-refractivity contribution < 1.29 is 23.9 Å². The van der Waals surface area contributed by atoms with E-state index in [0.29, 0.717) is 13.0 Å². The number of carboxylic acid groups (broad SMARTS) is 1. The smallest absolute Gasteiger partial charge is 0.308 e. The van der Waals surface area contributed by atoms with Crippen molar-refractivity contribution in [1.29, 1.82) is 0 Å². The Hall–Kier alpha value is -2.44. The van der Waals surface area contributed by atoms with E-state index >= 15 is 0 Å². The number of benzene rings is 1. The molecule has 1 aromatic rings. The Bertz CT molecular complexity index is 708. The molecule has 0 aromatic heterocycles. The number of carbonyl (C=O) groups is 3. The van der Waals surface area contributed by atoms with Gasteiger partial charge >= 0.3 is 5.97 Å². The minimum Gasteiger partial charge on any atom is -0.481 e. The number of hydrogen-bond acceptors (Lipinski definition) is 3. The lowest BCUT2D eigenvalue weighted by molar-refractivity contribution is -0.148. The van der Waals surface area contributed by atoms with Crippen molar-refractivity contribution >= 4 is 23.5 Å². The molecule has 7 heteroatoms. The first-order valence-electron chi connectivity index (χ1n) is 8.43. The van der Waals surface area contributed by atoms with E-state index in [-0.39, 0.29) is 42.9 Å². The van der Waals surface area contributed by atoms with Crippen LogP contribution in [0.4, 0.5) is 10.1 Å². The number of halogens is 1. The summed E-state index contributed by atoms with van der Waals surface area (Å²) in [6, 6.07) is 5.98. The first kappa shape index (κ1) is 17.4. The van der Waals surface area contributed by atoms with Crippen LogP contribution in [-0.4, -0.2) is 47.4 Å². The molecule has 134 valence electrons. The second kappa shape index (κ2) is 6.82. The average Bonchev–Trinajstić information content (AvgIpc) is 2.95. The Kier molecular flexibility index (Phi) is 4.74. The van der Waals surface area contributed by atoms with Crippen molar-refractivity contribution in [3.63, 3.8) is 0 Å². The van der Waals surface area contributed by atoms with Gasteiger partial charge < -0.3 is 14.9 Å². The van der Waals surface area contributed by atoms with Crippen molar-refractivity contribution in [2.45, 2.75) is 19.8 Å². The summed E-state index contributed by atoms with van der Waals surface area (Å²) in [5.74, 6) is -2.95. The minimum absolute atomic E-state index is 0.0236. The summed E-state index contributed by atoms with van der Waals surface area (Å²) in [6.07, 6.45) is 0.569. The second-order valence-corrected chi connectivity index (χ2v) is 6.98. The third-order valence-electron chi connectivity index (χ3n) is 4.94. The third kappa shape index (κ3) is 3.50. The number of rotatable bonds is 3. The molecule has 0 radical (unpaired) electrons. The first-order valence-corrected chi connectivity index (χ1v) is 8.43. The predicted octanol–water partition coefficient (Wildman–Crippen LogP) is 1.75. The van der Waals surface area contributed by atoms with Gasteiger partial charge in [0, 0.05) is 26.1 Å². The average molecular weight is 348 g/mol. The van der Waals surface area contributed by atoms with Gasteiger partial charge in [-0.2, -0.15) is 0 Å². The summed E-state index contributed by atoms with van der Waals surface area (Å²) in [5, 5.41) is 9.24. The molecular weight excluding hydrogens is 327 g/mol. The van der Waals surface area contributed by atoms with Crippen LogP contribution in [0.3, 0.4) is 0 Å². The Balaban J connectivity index is 1.72. The first-order chi connectivity index (χ1) is 11.9. The monoisotopic (exact) mass is 348 g/mol. The van der Waals surface area contributed by atoms with Gasteiger partial charge in [-0.25, -0.2) is 4.39 Å². The van der Waals surface area contributed by atoms with Crippen molar-refractivity contribution in [2.75, 3.05) is 24.5 Å². The highest BCUT2D eigenvalue weighted by Gasteiger charge is 2.40. The largest absolute Gasteiger partial charge is 0.481 e. The summed E-state index contributed by atoms with van der Waals surface area (Å²) < 4.78 is 13.9. The number of carbonyl (C=O) groups excluding carboxylic acids is 2. The highest BCUT2D eigenvalue weighted by Crippen LogP contribution is 2.30. The van der Waals surface area contributed by atoms with Crippen molar-refractivity contribution in [3.05, 3.63) is 30.1 Å². The molecule has 2 fully saturated rings. The molecule has 3 unspecified atom stereocenters. The van der Waals surface area contributed by atoms with Crippen molar-refractivity contribution in [3.8, 4) is 0 Å². The molecule has 2 aliphatic heterocycles. The third-order valence-corrected chi connectivity index (χ3v) is 4.94. The van der Waals surface area contributed by atoms with Gasteiger partial charge in [-0.05, 0) is 24.5 Å². The molecule has 6 nitrogen and oxygen atoms in total. The second-order valence-electron chi connectivity index (χ2n) is 6.98. The molecule has 25 heavy (non-hydrogen) atoms. The van der Waals surface area contributed by atoms with Crippen LogP contribution < -0.4 is 4.90 Å². The van der Waals surface area contributed by atoms with E-state index in [9.17, 15) is 23.9 Å².